The first-order valence-electron chi connectivity index (χ1n) is 10.2. The van der Waals surface area contributed by atoms with Crippen LogP contribution in [0.5, 0.6) is 0 Å². The van der Waals surface area contributed by atoms with Crippen molar-refractivity contribution in [2.24, 2.45) is 0 Å². The topological polar surface area (TPSA) is 75.4 Å². The summed E-state index contributed by atoms with van der Waals surface area (Å²) in [6.45, 7) is 4.06. The van der Waals surface area contributed by atoms with E-state index in [4.69, 9.17) is 14.3 Å². The third-order valence-corrected chi connectivity index (χ3v) is 5.15. The molecule has 2 aromatic heterocycles. The van der Waals surface area contributed by atoms with Crippen molar-refractivity contribution in [1.29, 1.82) is 0 Å². The van der Waals surface area contributed by atoms with Crippen LogP contribution in [-0.4, -0.2) is 23.6 Å². The minimum Gasteiger partial charge on any atom is -0.483 e. The molecule has 0 radical (unpaired) electrons. The standard InChI is InChI=1S/C24H21F3N2O.CH2O2/c1-14(2)15-4-6-16(7-5-15)17-8-10-18(11-9-17)22-21(28-3)19-12-13-20(24(25,26)27)29-23(19)30-22;2-1-3/h4-14,28H,1-3H3;1H,(H,2,3). The maximum absolute atomic E-state index is 13.0. The molecule has 0 aliphatic carbocycles. The van der Waals surface area contributed by atoms with Crippen LogP contribution in [0.15, 0.2) is 65.1 Å². The minimum atomic E-state index is -4.52. The molecule has 0 unspecified atom stereocenters. The Labute approximate surface area is 188 Å². The number of nitrogens with one attached hydrogen (secondary N) is 1. The Morgan fingerprint density at radius 2 is 1.45 bits per heavy atom. The number of alkyl halides is 3. The van der Waals surface area contributed by atoms with Crippen LogP contribution >= 0.6 is 0 Å². The molecule has 4 aromatic rings. The van der Waals surface area contributed by atoms with Crippen LogP contribution in [0.4, 0.5) is 18.9 Å². The van der Waals surface area contributed by atoms with Crippen molar-refractivity contribution in [1.82, 2.24) is 4.98 Å². The first-order chi connectivity index (χ1) is 15.7. The summed E-state index contributed by atoms with van der Waals surface area (Å²) < 4.78 is 44.7. The van der Waals surface area contributed by atoms with Crippen molar-refractivity contribution >= 4 is 23.3 Å². The molecule has 0 atom stereocenters. The Morgan fingerprint density at radius 3 is 1.94 bits per heavy atom. The highest BCUT2D eigenvalue weighted by molar-refractivity contribution is 5.97. The van der Waals surface area contributed by atoms with E-state index in [9.17, 15) is 13.2 Å². The van der Waals surface area contributed by atoms with Gasteiger partial charge in [0.2, 0.25) is 5.71 Å². The van der Waals surface area contributed by atoms with Gasteiger partial charge in [-0.2, -0.15) is 13.2 Å². The third-order valence-electron chi connectivity index (χ3n) is 5.15. The normalized spacial score (nSPS) is 11.2. The van der Waals surface area contributed by atoms with E-state index in [1.54, 1.807) is 7.05 Å². The molecule has 0 bridgehead atoms. The molecule has 2 N–H and O–H groups in total. The lowest BCUT2D eigenvalue weighted by atomic mass is 9.98. The summed E-state index contributed by atoms with van der Waals surface area (Å²) in [4.78, 5) is 12.0. The Kier molecular flexibility index (Phi) is 7.06. The summed E-state index contributed by atoms with van der Waals surface area (Å²) in [7, 11) is 1.70. The van der Waals surface area contributed by atoms with Gasteiger partial charge in [-0.25, -0.2) is 4.98 Å². The minimum absolute atomic E-state index is 0.0440. The van der Waals surface area contributed by atoms with Gasteiger partial charge in [0.25, 0.3) is 6.47 Å². The van der Waals surface area contributed by atoms with E-state index in [-0.39, 0.29) is 12.2 Å². The highest BCUT2D eigenvalue weighted by Gasteiger charge is 2.33. The van der Waals surface area contributed by atoms with Crippen LogP contribution < -0.4 is 5.32 Å². The maximum Gasteiger partial charge on any atom is 0.433 e. The third kappa shape index (κ3) is 5.16. The van der Waals surface area contributed by atoms with Crippen molar-refractivity contribution in [3.8, 4) is 22.5 Å². The molecule has 0 spiro atoms. The number of hydrogen-bond acceptors (Lipinski definition) is 4. The first kappa shape index (κ1) is 23.8. The zero-order valence-corrected chi connectivity index (χ0v) is 18.3. The molecule has 8 heteroatoms. The van der Waals surface area contributed by atoms with Gasteiger partial charge in [0.1, 0.15) is 5.69 Å². The van der Waals surface area contributed by atoms with Crippen molar-refractivity contribution < 1.29 is 27.5 Å². The van der Waals surface area contributed by atoms with E-state index in [2.05, 4.69) is 48.4 Å². The number of furan rings is 1. The lowest BCUT2D eigenvalue weighted by Crippen LogP contribution is -2.07. The van der Waals surface area contributed by atoms with Crippen molar-refractivity contribution in [3.63, 3.8) is 0 Å². The number of hydrogen-bond donors (Lipinski definition) is 2. The lowest BCUT2D eigenvalue weighted by Gasteiger charge is -2.08. The van der Waals surface area contributed by atoms with Gasteiger partial charge < -0.3 is 14.8 Å². The van der Waals surface area contributed by atoms with Crippen molar-refractivity contribution in [3.05, 3.63) is 71.9 Å². The fraction of sp³-hybridized carbons (Fsp3) is 0.200. The molecule has 33 heavy (non-hydrogen) atoms. The van der Waals surface area contributed by atoms with E-state index in [1.807, 2.05) is 24.3 Å². The monoisotopic (exact) mass is 456 g/mol. The van der Waals surface area contributed by atoms with Crippen LogP contribution in [0.1, 0.15) is 31.0 Å². The van der Waals surface area contributed by atoms with E-state index >= 15 is 0 Å². The number of nitrogens with zero attached hydrogens (tertiary/aromatic N) is 1. The quantitative estimate of drug-likeness (QED) is 0.322. The van der Waals surface area contributed by atoms with Gasteiger partial charge in [0.15, 0.2) is 5.76 Å². The van der Waals surface area contributed by atoms with Crippen molar-refractivity contribution in [2.45, 2.75) is 25.9 Å². The Morgan fingerprint density at radius 1 is 0.939 bits per heavy atom. The van der Waals surface area contributed by atoms with Crippen LogP contribution in [0.3, 0.4) is 0 Å². The predicted octanol–water partition coefficient (Wildman–Crippen LogP) is 7.05. The largest absolute Gasteiger partial charge is 0.483 e. The fourth-order valence-electron chi connectivity index (χ4n) is 3.46. The Hall–Kier alpha value is -3.81. The molecule has 0 amide bonds. The number of benzene rings is 2. The van der Waals surface area contributed by atoms with Crippen LogP contribution in [0, 0.1) is 0 Å². The summed E-state index contributed by atoms with van der Waals surface area (Å²) in [5.41, 5.74) is 3.78. The van der Waals surface area contributed by atoms with Gasteiger partial charge in [0, 0.05) is 12.6 Å². The number of aromatic nitrogens is 1. The van der Waals surface area contributed by atoms with Crippen LogP contribution in [0.25, 0.3) is 33.6 Å². The predicted molar refractivity (Wildman–Crippen MR) is 122 cm³/mol. The molecule has 0 saturated carbocycles. The second-order valence-corrected chi connectivity index (χ2v) is 7.56. The van der Waals surface area contributed by atoms with Gasteiger partial charge in [0.05, 0.1) is 11.1 Å². The van der Waals surface area contributed by atoms with Gasteiger partial charge in [-0.15, -0.1) is 0 Å². The number of carbonyl (C=O) groups is 1. The molecule has 5 nitrogen and oxygen atoms in total. The molecule has 4 rings (SSSR count). The number of rotatable bonds is 4. The van der Waals surface area contributed by atoms with E-state index in [0.29, 0.717) is 22.8 Å². The molecule has 0 saturated heterocycles. The smallest absolute Gasteiger partial charge is 0.433 e. The highest BCUT2D eigenvalue weighted by Crippen LogP contribution is 2.39. The van der Waals surface area contributed by atoms with Gasteiger partial charge in [-0.3, -0.25) is 4.79 Å². The van der Waals surface area contributed by atoms with Gasteiger partial charge in [-0.05, 0) is 34.7 Å². The highest BCUT2D eigenvalue weighted by atomic mass is 19.4. The summed E-state index contributed by atoms with van der Waals surface area (Å²) in [6.07, 6.45) is -4.52. The van der Waals surface area contributed by atoms with Crippen LogP contribution in [-0.2, 0) is 11.0 Å². The molecule has 0 aliphatic heterocycles. The average Bonchev–Trinajstić information content (AvgIpc) is 3.17. The second kappa shape index (κ2) is 9.77. The summed E-state index contributed by atoms with van der Waals surface area (Å²) in [5, 5.41) is 10.4. The number of pyridine rings is 1. The summed E-state index contributed by atoms with van der Waals surface area (Å²) in [6, 6.07) is 18.5. The summed E-state index contributed by atoms with van der Waals surface area (Å²) >= 11 is 0. The number of halogens is 3. The second-order valence-electron chi connectivity index (χ2n) is 7.56. The molecule has 172 valence electrons. The number of anilines is 1. The number of fused-ring (bicyclic) bond motifs is 1. The number of carboxylic acid groups (broad SMARTS) is 1. The average molecular weight is 456 g/mol. The molecular formula is C25H23F3N2O3. The molecule has 0 aliphatic rings. The zero-order chi connectivity index (χ0) is 24.2. The Bertz CT molecular complexity index is 1230. The summed E-state index contributed by atoms with van der Waals surface area (Å²) in [5.74, 6) is 0.932. The zero-order valence-electron chi connectivity index (χ0n) is 18.3. The fourth-order valence-corrected chi connectivity index (χ4v) is 3.46. The molecule has 2 aromatic carbocycles. The Balaban J connectivity index is 0.000000968. The van der Waals surface area contributed by atoms with Gasteiger partial charge in [-0.1, -0.05) is 62.4 Å². The van der Waals surface area contributed by atoms with E-state index < -0.39 is 11.9 Å². The molecule has 2 heterocycles. The molecular weight excluding hydrogens is 433 g/mol. The maximum atomic E-state index is 13.0. The van der Waals surface area contributed by atoms with E-state index in [1.165, 1.54) is 11.6 Å². The van der Waals surface area contributed by atoms with Gasteiger partial charge >= 0.3 is 6.18 Å². The van der Waals surface area contributed by atoms with Crippen molar-refractivity contribution in [2.75, 3.05) is 12.4 Å². The molecule has 0 fully saturated rings. The SMILES string of the molecule is CNc1c(-c2ccc(-c3ccc(C(C)C)cc3)cc2)oc2nc(C(F)(F)F)ccc12.O=CO. The first-order valence-corrected chi connectivity index (χ1v) is 10.2. The van der Waals surface area contributed by atoms with Crippen LogP contribution in [0.2, 0.25) is 0 Å². The lowest BCUT2D eigenvalue weighted by molar-refractivity contribution is -0.141. The van der Waals surface area contributed by atoms with E-state index in [0.717, 1.165) is 22.8 Å².